The zero-order chi connectivity index (χ0) is 26.1. The van der Waals surface area contributed by atoms with Crippen LogP contribution in [-0.4, -0.2) is 57.4 Å². The van der Waals surface area contributed by atoms with E-state index in [1.54, 1.807) is 7.11 Å². The smallest absolute Gasteiger partial charge is 0.430 e. The molecule has 0 aromatic heterocycles. The standard InChI is InChI=1S/C26H29Cl2F3N2O3/c1-35-22-6-4-3-5-20(22)21-16-32-10-7-24(21)8-11-33(12-9-24)23(34)25(36-2,26(29,30)31)17-13-18(27)15-19(28)14-17/h3-6,13-15,21,32H,7-12,16H2,1-2H3. The third kappa shape index (κ3) is 4.69. The predicted octanol–water partition coefficient (Wildman–Crippen LogP) is 5.79. The molecule has 2 saturated heterocycles. The number of hydrogen-bond acceptors (Lipinski definition) is 4. The summed E-state index contributed by atoms with van der Waals surface area (Å²) in [6.07, 6.45) is -3.04. The molecule has 2 heterocycles. The number of para-hydroxylation sites is 1. The lowest BCUT2D eigenvalue weighted by Crippen LogP contribution is -2.59. The molecule has 196 valence electrons. The third-order valence-corrected chi connectivity index (χ3v) is 8.16. The number of nitrogens with one attached hydrogen (secondary N) is 1. The van der Waals surface area contributed by atoms with E-state index in [0.29, 0.717) is 12.8 Å². The molecule has 0 bridgehead atoms. The van der Waals surface area contributed by atoms with E-state index in [0.717, 1.165) is 50.1 Å². The average Bonchev–Trinajstić information content (AvgIpc) is 2.84. The summed E-state index contributed by atoms with van der Waals surface area (Å²) in [4.78, 5) is 14.9. The molecule has 2 fully saturated rings. The zero-order valence-corrected chi connectivity index (χ0v) is 21.6. The number of amides is 1. The summed E-state index contributed by atoms with van der Waals surface area (Å²) in [5.41, 5.74) is -2.73. The molecule has 2 atom stereocenters. The van der Waals surface area contributed by atoms with Crippen molar-refractivity contribution in [2.45, 2.75) is 37.0 Å². The maximum absolute atomic E-state index is 14.6. The summed E-state index contributed by atoms with van der Waals surface area (Å²) in [6, 6.07) is 11.3. The second kappa shape index (κ2) is 10.4. The van der Waals surface area contributed by atoms with Crippen molar-refractivity contribution in [3.05, 3.63) is 63.6 Å². The van der Waals surface area contributed by atoms with Crippen molar-refractivity contribution in [3.63, 3.8) is 0 Å². The van der Waals surface area contributed by atoms with Crippen LogP contribution in [0.4, 0.5) is 13.2 Å². The van der Waals surface area contributed by atoms with Gasteiger partial charge in [0.25, 0.3) is 11.5 Å². The van der Waals surface area contributed by atoms with Gasteiger partial charge in [0, 0.05) is 48.3 Å². The highest BCUT2D eigenvalue weighted by atomic mass is 35.5. The average molecular weight is 545 g/mol. The molecule has 5 nitrogen and oxygen atoms in total. The molecule has 1 amide bonds. The number of alkyl halides is 3. The highest BCUT2D eigenvalue weighted by Gasteiger charge is 2.64. The Balaban J connectivity index is 1.64. The monoisotopic (exact) mass is 544 g/mol. The van der Waals surface area contributed by atoms with Gasteiger partial charge in [0.1, 0.15) is 5.75 Å². The summed E-state index contributed by atoms with van der Waals surface area (Å²) in [6.45, 7) is 1.91. The van der Waals surface area contributed by atoms with Crippen molar-refractivity contribution in [1.29, 1.82) is 0 Å². The first-order valence-electron chi connectivity index (χ1n) is 11.8. The number of methoxy groups -OCH3 is 2. The van der Waals surface area contributed by atoms with Crippen LogP contribution in [0.1, 0.15) is 36.3 Å². The van der Waals surface area contributed by atoms with Gasteiger partial charge in [-0.05, 0) is 61.1 Å². The van der Waals surface area contributed by atoms with Gasteiger partial charge >= 0.3 is 6.18 Å². The summed E-state index contributed by atoms with van der Waals surface area (Å²) >= 11 is 12.0. The largest absolute Gasteiger partial charge is 0.496 e. The van der Waals surface area contributed by atoms with Crippen molar-refractivity contribution in [2.75, 3.05) is 40.4 Å². The van der Waals surface area contributed by atoms with E-state index in [-0.39, 0.29) is 34.5 Å². The Morgan fingerprint density at radius 1 is 1.06 bits per heavy atom. The van der Waals surface area contributed by atoms with E-state index in [1.165, 1.54) is 11.0 Å². The molecule has 0 aliphatic carbocycles. The lowest BCUT2D eigenvalue weighted by molar-refractivity contribution is -0.271. The van der Waals surface area contributed by atoms with Gasteiger partial charge in [-0.15, -0.1) is 0 Å². The van der Waals surface area contributed by atoms with Crippen LogP contribution in [0.25, 0.3) is 0 Å². The Bertz CT molecular complexity index is 1090. The number of hydrogen-bond donors (Lipinski definition) is 1. The van der Waals surface area contributed by atoms with E-state index < -0.39 is 23.2 Å². The Morgan fingerprint density at radius 3 is 2.28 bits per heavy atom. The number of likely N-dealkylation sites (tertiary alicyclic amines) is 1. The van der Waals surface area contributed by atoms with E-state index >= 15 is 0 Å². The van der Waals surface area contributed by atoms with Crippen LogP contribution < -0.4 is 10.1 Å². The number of nitrogens with zero attached hydrogens (tertiary/aromatic N) is 1. The molecule has 2 aliphatic heterocycles. The number of piperidine rings is 2. The van der Waals surface area contributed by atoms with Crippen molar-refractivity contribution < 1.29 is 27.4 Å². The molecule has 1 N–H and O–H groups in total. The van der Waals surface area contributed by atoms with Crippen LogP contribution in [0.2, 0.25) is 10.0 Å². The van der Waals surface area contributed by atoms with Crippen molar-refractivity contribution in [2.24, 2.45) is 5.41 Å². The molecular formula is C26H29Cl2F3N2O3. The number of carbonyl (C=O) groups is 1. The van der Waals surface area contributed by atoms with Crippen LogP contribution in [0, 0.1) is 5.41 Å². The van der Waals surface area contributed by atoms with Gasteiger partial charge < -0.3 is 19.7 Å². The van der Waals surface area contributed by atoms with Crippen LogP contribution in [0.5, 0.6) is 5.75 Å². The Morgan fingerprint density at radius 2 is 1.69 bits per heavy atom. The molecule has 2 aromatic rings. The molecule has 0 saturated carbocycles. The normalized spacial score (nSPS) is 21.8. The van der Waals surface area contributed by atoms with E-state index in [9.17, 15) is 18.0 Å². The van der Waals surface area contributed by atoms with Gasteiger partial charge in [-0.3, -0.25) is 4.79 Å². The fourth-order valence-electron chi connectivity index (χ4n) is 5.83. The van der Waals surface area contributed by atoms with Crippen molar-refractivity contribution >= 4 is 29.1 Å². The minimum Gasteiger partial charge on any atom is -0.496 e. The second-order valence-electron chi connectivity index (χ2n) is 9.44. The molecular weight excluding hydrogens is 516 g/mol. The van der Waals surface area contributed by atoms with Crippen LogP contribution >= 0.6 is 23.2 Å². The molecule has 1 spiro atoms. The minimum absolute atomic E-state index is 0.0112. The van der Waals surface area contributed by atoms with Gasteiger partial charge in [-0.2, -0.15) is 13.2 Å². The fourth-order valence-corrected chi connectivity index (χ4v) is 6.36. The number of benzene rings is 2. The number of rotatable bonds is 5. The lowest BCUT2D eigenvalue weighted by Gasteiger charge is -2.51. The van der Waals surface area contributed by atoms with Crippen LogP contribution in [0.15, 0.2) is 42.5 Å². The van der Waals surface area contributed by atoms with Crippen LogP contribution in [-0.2, 0) is 15.1 Å². The second-order valence-corrected chi connectivity index (χ2v) is 10.3. The quantitative estimate of drug-likeness (QED) is 0.517. The summed E-state index contributed by atoms with van der Waals surface area (Å²) in [7, 11) is 2.52. The van der Waals surface area contributed by atoms with Gasteiger partial charge in [-0.1, -0.05) is 41.4 Å². The van der Waals surface area contributed by atoms with Crippen molar-refractivity contribution in [3.8, 4) is 5.75 Å². The first-order valence-corrected chi connectivity index (χ1v) is 12.5. The van der Waals surface area contributed by atoms with Crippen molar-refractivity contribution in [1.82, 2.24) is 10.2 Å². The Hall–Kier alpha value is -2.00. The fraction of sp³-hybridized carbons (Fsp3) is 0.500. The van der Waals surface area contributed by atoms with Gasteiger partial charge in [-0.25, -0.2) is 0 Å². The van der Waals surface area contributed by atoms with E-state index in [4.69, 9.17) is 32.7 Å². The maximum Gasteiger partial charge on any atom is 0.430 e. The molecule has 2 aliphatic rings. The number of carbonyl (C=O) groups excluding carboxylic acids is 1. The highest BCUT2D eigenvalue weighted by molar-refractivity contribution is 6.34. The van der Waals surface area contributed by atoms with E-state index in [2.05, 4.69) is 5.32 Å². The van der Waals surface area contributed by atoms with Crippen LogP contribution in [0.3, 0.4) is 0 Å². The molecule has 4 rings (SSSR count). The summed E-state index contributed by atoms with van der Waals surface area (Å²) in [5, 5.41) is 3.42. The summed E-state index contributed by atoms with van der Waals surface area (Å²) < 4.78 is 54.3. The zero-order valence-electron chi connectivity index (χ0n) is 20.1. The Labute approximate surface area is 218 Å². The van der Waals surface area contributed by atoms with E-state index in [1.807, 2.05) is 24.3 Å². The maximum atomic E-state index is 14.6. The minimum atomic E-state index is -5.03. The summed E-state index contributed by atoms with van der Waals surface area (Å²) in [5.74, 6) is -0.257. The molecule has 2 unspecified atom stereocenters. The molecule has 36 heavy (non-hydrogen) atoms. The topological polar surface area (TPSA) is 50.8 Å². The highest BCUT2D eigenvalue weighted by Crippen LogP contribution is 2.52. The molecule has 10 heteroatoms. The predicted molar refractivity (Wildman–Crippen MR) is 133 cm³/mol. The lowest BCUT2D eigenvalue weighted by atomic mass is 9.62. The van der Waals surface area contributed by atoms with Gasteiger partial charge in [0.05, 0.1) is 7.11 Å². The number of halogens is 5. The number of ether oxygens (including phenoxy) is 2. The SMILES string of the molecule is COc1ccccc1C1CNCCC12CCN(C(=O)C(OC)(c1cc(Cl)cc(Cl)c1)C(F)(F)F)CC2. The van der Waals surface area contributed by atoms with Gasteiger partial charge in [0.15, 0.2) is 0 Å². The first kappa shape index (κ1) is 27.0. The molecule has 0 radical (unpaired) electrons. The Kier molecular flexibility index (Phi) is 7.81. The molecule has 2 aromatic carbocycles. The third-order valence-electron chi connectivity index (χ3n) is 7.72. The first-order chi connectivity index (χ1) is 17.1. The van der Waals surface area contributed by atoms with Gasteiger partial charge in [0.2, 0.25) is 0 Å².